The highest BCUT2D eigenvalue weighted by atomic mass is 35.5. The maximum Gasteiger partial charge on any atom is 0.210 e. The van der Waals surface area contributed by atoms with Crippen LogP contribution in [-0.4, -0.2) is 57.9 Å². The fourth-order valence-corrected chi connectivity index (χ4v) is 7.47. The molecule has 0 bridgehead atoms. The third kappa shape index (κ3) is 6.45. The number of allylic oxidation sites excluding steroid dienone is 8. The van der Waals surface area contributed by atoms with Gasteiger partial charge in [0.05, 0.1) is 19.1 Å². The number of rotatable bonds is 12. The third-order valence-electron chi connectivity index (χ3n) is 9.72. The minimum absolute atomic E-state index is 0.0995. The highest BCUT2D eigenvalue weighted by Gasteiger charge is 2.44. The molecule has 5 rings (SSSR count). The predicted molar refractivity (Wildman–Crippen MR) is 188 cm³/mol. The lowest BCUT2D eigenvalue weighted by atomic mass is 9.81. The Morgan fingerprint density at radius 3 is 2.36 bits per heavy atom. The second kappa shape index (κ2) is 13.7. The summed E-state index contributed by atoms with van der Waals surface area (Å²) in [6.45, 7) is 14.7. The average Bonchev–Trinajstić information content (AvgIpc) is 3.54. The maximum atomic E-state index is 7.12. The molecule has 0 aromatic heterocycles. The molecule has 240 valence electrons. The highest BCUT2D eigenvalue weighted by molar-refractivity contribution is 6.33. The number of fused-ring (bicyclic) bond motifs is 2. The molecule has 45 heavy (non-hydrogen) atoms. The molecule has 0 unspecified atom stereocenters. The number of ether oxygens (including phenoxy) is 3. The first-order chi connectivity index (χ1) is 21.5. The molecule has 5 nitrogen and oxygen atoms in total. The van der Waals surface area contributed by atoms with Crippen LogP contribution in [0.1, 0.15) is 70.1 Å². The maximum absolute atomic E-state index is 7.12. The summed E-state index contributed by atoms with van der Waals surface area (Å²) in [6, 6.07) is 13.2. The Hall–Kier alpha value is -3.12. The van der Waals surface area contributed by atoms with Crippen LogP contribution in [0.4, 0.5) is 11.4 Å². The Balaban J connectivity index is 1.46. The van der Waals surface area contributed by atoms with Crippen molar-refractivity contribution in [1.29, 1.82) is 0 Å². The molecular weight excluding hydrogens is 580 g/mol. The van der Waals surface area contributed by atoms with Gasteiger partial charge in [-0.3, -0.25) is 0 Å². The van der Waals surface area contributed by atoms with Crippen LogP contribution in [0.2, 0.25) is 0 Å². The van der Waals surface area contributed by atoms with E-state index in [0.29, 0.717) is 0 Å². The molecule has 2 aromatic rings. The summed E-state index contributed by atoms with van der Waals surface area (Å²) in [6.07, 6.45) is 12.9. The van der Waals surface area contributed by atoms with Crippen LogP contribution >= 0.6 is 11.6 Å². The molecule has 2 aliphatic heterocycles. The van der Waals surface area contributed by atoms with E-state index >= 15 is 0 Å². The van der Waals surface area contributed by atoms with Gasteiger partial charge < -0.3 is 19.1 Å². The molecule has 1 aliphatic carbocycles. The summed E-state index contributed by atoms with van der Waals surface area (Å²) in [4.78, 5) is 2.47. The van der Waals surface area contributed by atoms with Crippen LogP contribution in [0.15, 0.2) is 82.6 Å². The summed E-state index contributed by atoms with van der Waals surface area (Å²) >= 11 is 7.12. The number of anilines is 1. The van der Waals surface area contributed by atoms with Gasteiger partial charge in [0.15, 0.2) is 12.3 Å². The van der Waals surface area contributed by atoms with Gasteiger partial charge in [-0.05, 0) is 81.0 Å². The van der Waals surface area contributed by atoms with Crippen LogP contribution in [-0.2, 0) is 20.3 Å². The van der Waals surface area contributed by atoms with Gasteiger partial charge >= 0.3 is 0 Å². The van der Waals surface area contributed by atoms with Gasteiger partial charge in [0.25, 0.3) is 0 Å². The first-order valence-electron chi connectivity index (χ1n) is 16.2. The van der Waals surface area contributed by atoms with Crippen LogP contribution in [0.25, 0.3) is 0 Å². The Morgan fingerprint density at radius 1 is 0.867 bits per heavy atom. The Morgan fingerprint density at radius 2 is 1.62 bits per heavy atom. The minimum atomic E-state index is -0.171. The molecule has 6 heteroatoms. The summed E-state index contributed by atoms with van der Waals surface area (Å²) in [7, 11) is 5.26. The van der Waals surface area contributed by atoms with E-state index in [0.717, 1.165) is 62.8 Å². The van der Waals surface area contributed by atoms with Crippen molar-refractivity contribution in [2.45, 2.75) is 71.1 Å². The number of aryl methyl sites for hydroxylation is 1. The molecule has 0 atom stereocenters. The molecule has 0 amide bonds. The second-order valence-electron chi connectivity index (χ2n) is 13.5. The fourth-order valence-electron chi connectivity index (χ4n) is 7.15. The van der Waals surface area contributed by atoms with Gasteiger partial charge in [-0.1, -0.05) is 55.3 Å². The van der Waals surface area contributed by atoms with Gasteiger partial charge in [0, 0.05) is 73.3 Å². The van der Waals surface area contributed by atoms with Crippen molar-refractivity contribution in [3.8, 4) is 5.75 Å². The molecule has 2 aromatic carbocycles. The molecule has 3 aliphatic rings. The molecule has 0 fully saturated rings. The first kappa shape index (κ1) is 33.2. The van der Waals surface area contributed by atoms with E-state index in [1.54, 1.807) is 21.3 Å². The predicted octanol–water partition coefficient (Wildman–Crippen LogP) is 8.90. The average molecular weight is 630 g/mol. The number of methoxy groups -OCH3 is 3. The zero-order chi connectivity index (χ0) is 32.4. The number of halogens is 1. The first-order valence-corrected chi connectivity index (χ1v) is 16.6. The van der Waals surface area contributed by atoms with E-state index in [1.807, 2.05) is 0 Å². The minimum Gasteiger partial charge on any atom is -0.497 e. The Bertz CT molecular complexity index is 1590. The second-order valence-corrected chi connectivity index (χ2v) is 13.8. The van der Waals surface area contributed by atoms with Gasteiger partial charge in [0.1, 0.15) is 5.75 Å². The van der Waals surface area contributed by atoms with Gasteiger partial charge in [-0.25, -0.2) is 0 Å². The molecular formula is C39H50ClN2O3+. The Kier molecular flexibility index (Phi) is 10.1. The van der Waals surface area contributed by atoms with Crippen LogP contribution in [0, 0.1) is 6.92 Å². The van der Waals surface area contributed by atoms with E-state index in [1.165, 1.54) is 50.6 Å². The smallest absolute Gasteiger partial charge is 0.210 e. The SMILES string of the molecule is COCCCN1/C(=C/C=C2\CCC(/C=C/C3=[N+](CCCOC)c4ccc(OC)cc4C3(C)C)=C2Cl)C(C)(C)c2cc(C)ccc21. The Labute approximate surface area is 275 Å². The van der Waals surface area contributed by atoms with E-state index in [2.05, 4.69) is 105 Å². The number of benzene rings is 2. The largest absolute Gasteiger partial charge is 0.497 e. The summed E-state index contributed by atoms with van der Waals surface area (Å²) in [5.74, 6) is 0.885. The van der Waals surface area contributed by atoms with Gasteiger partial charge in [0.2, 0.25) is 5.69 Å². The topological polar surface area (TPSA) is 33.9 Å². The number of hydrogen-bond donors (Lipinski definition) is 0. The van der Waals surface area contributed by atoms with Crippen molar-refractivity contribution in [2.24, 2.45) is 0 Å². The molecule has 0 spiro atoms. The van der Waals surface area contributed by atoms with Crippen molar-refractivity contribution < 1.29 is 18.8 Å². The zero-order valence-electron chi connectivity index (χ0n) is 28.4. The molecule has 2 heterocycles. The summed E-state index contributed by atoms with van der Waals surface area (Å²) in [5, 5.41) is 0.875. The normalized spacial score (nSPS) is 20.3. The quantitative estimate of drug-likeness (QED) is 0.173. The highest BCUT2D eigenvalue weighted by Crippen LogP contribution is 2.48. The number of nitrogens with zero attached hydrogens (tertiary/aromatic N) is 2. The van der Waals surface area contributed by atoms with Crippen molar-refractivity contribution in [1.82, 2.24) is 0 Å². The van der Waals surface area contributed by atoms with E-state index in [9.17, 15) is 0 Å². The molecule has 0 N–H and O–H groups in total. The fraction of sp³-hybridized carbons (Fsp3) is 0.462. The van der Waals surface area contributed by atoms with Crippen molar-refractivity contribution in [3.05, 3.63) is 99.3 Å². The van der Waals surface area contributed by atoms with Crippen molar-refractivity contribution in [2.75, 3.05) is 52.5 Å². The van der Waals surface area contributed by atoms with Crippen molar-refractivity contribution >= 4 is 28.7 Å². The van der Waals surface area contributed by atoms with E-state index in [4.69, 9.17) is 25.8 Å². The van der Waals surface area contributed by atoms with Gasteiger partial charge in [-0.15, -0.1) is 0 Å². The van der Waals surface area contributed by atoms with E-state index < -0.39 is 0 Å². The van der Waals surface area contributed by atoms with Crippen LogP contribution < -0.4 is 9.64 Å². The number of hydrogen-bond acceptors (Lipinski definition) is 4. The monoisotopic (exact) mass is 629 g/mol. The summed E-state index contributed by atoms with van der Waals surface area (Å²) < 4.78 is 18.8. The summed E-state index contributed by atoms with van der Waals surface area (Å²) in [5.41, 5.74) is 11.2. The lowest BCUT2D eigenvalue weighted by Gasteiger charge is -2.27. The van der Waals surface area contributed by atoms with Crippen LogP contribution in [0.3, 0.4) is 0 Å². The molecule has 0 radical (unpaired) electrons. The van der Waals surface area contributed by atoms with Gasteiger partial charge in [-0.2, -0.15) is 4.58 Å². The standard InChI is InChI=1S/C39H50ClN2O3/c1-27-11-17-33-31(25-27)38(2,3)35(41(33)21-9-23-43-6)19-14-28-12-13-29(37(28)40)15-20-36-39(4,5)32-26-30(45-8)16-18-34(32)42(36)22-10-24-44-7/h11,14-20,25-26H,9-10,12-13,21-24H2,1-8H3/q+1. The van der Waals surface area contributed by atoms with Crippen molar-refractivity contribution in [3.63, 3.8) is 0 Å². The third-order valence-corrected chi connectivity index (χ3v) is 10.2. The van der Waals surface area contributed by atoms with Crippen LogP contribution in [0.5, 0.6) is 5.75 Å². The zero-order valence-corrected chi connectivity index (χ0v) is 29.2. The van der Waals surface area contributed by atoms with E-state index in [-0.39, 0.29) is 10.8 Å². The molecule has 0 saturated heterocycles. The molecule has 0 saturated carbocycles. The lowest BCUT2D eigenvalue weighted by Crippen LogP contribution is -2.28. The lowest BCUT2D eigenvalue weighted by molar-refractivity contribution is -0.438.